The Morgan fingerprint density at radius 1 is 1.03 bits per heavy atom. The Morgan fingerprint density at radius 2 is 1.76 bits per heavy atom. The number of fused-ring (bicyclic) bond motifs is 1. The van der Waals surface area contributed by atoms with Crippen molar-refractivity contribution in [1.29, 1.82) is 0 Å². The average Bonchev–Trinajstić information content (AvgIpc) is 3.63. The molecule has 6 heteroatoms. The molecule has 1 N–H and O–H groups in total. The van der Waals surface area contributed by atoms with Gasteiger partial charge in [-0.3, -0.25) is 14.2 Å². The lowest BCUT2D eigenvalue weighted by Crippen LogP contribution is -2.30. The Balaban J connectivity index is 1.68. The molecule has 0 bridgehead atoms. The molecule has 0 spiro atoms. The largest absolute Gasteiger partial charge is 0.352 e. The van der Waals surface area contributed by atoms with Crippen LogP contribution in [0.25, 0.3) is 16.6 Å². The zero-order valence-corrected chi connectivity index (χ0v) is 19.4. The number of rotatable bonds is 6. The fourth-order valence-corrected chi connectivity index (χ4v) is 5.09. The van der Waals surface area contributed by atoms with Crippen molar-refractivity contribution in [1.82, 2.24) is 14.9 Å². The summed E-state index contributed by atoms with van der Waals surface area (Å²) in [7, 11) is 0. The number of benzene rings is 3. The van der Waals surface area contributed by atoms with Gasteiger partial charge < -0.3 is 5.32 Å². The van der Waals surface area contributed by atoms with Crippen LogP contribution in [0, 0.1) is 13.8 Å². The number of para-hydroxylation sites is 1. The predicted molar refractivity (Wildman–Crippen MR) is 133 cm³/mol. The van der Waals surface area contributed by atoms with Crippen molar-refractivity contribution in [2.45, 2.75) is 43.1 Å². The molecule has 1 saturated carbocycles. The highest BCUT2D eigenvalue weighted by molar-refractivity contribution is 8.00. The molecule has 1 aromatic heterocycles. The summed E-state index contributed by atoms with van der Waals surface area (Å²) in [5, 5.41) is 3.67. The van der Waals surface area contributed by atoms with E-state index < -0.39 is 5.25 Å². The van der Waals surface area contributed by atoms with Crippen LogP contribution >= 0.6 is 11.8 Å². The van der Waals surface area contributed by atoms with Crippen LogP contribution in [-0.4, -0.2) is 21.5 Å². The third kappa shape index (κ3) is 4.44. The van der Waals surface area contributed by atoms with E-state index in [0.29, 0.717) is 16.1 Å². The zero-order valence-electron chi connectivity index (χ0n) is 18.6. The van der Waals surface area contributed by atoms with Gasteiger partial charge in [-0.2, -0.15) is 0 Å². The van der Waals surface area contributed by atoms with E-state index >= 15 is 0 Å². The first-order valence-corrected chi connectivity index (χ1v) is 12.0. The standard InChI is InChI=1S/C27H25N3O2S/c1-17-12-15-23(18(2)16-17)30-26(32)21-10-6-7-11-22(21)29-27(30)33-24(19-8-4-3-5-9-19)25(31)28-20-13-14-20/h3-12,15-16,20,24H,13-14H2,1-2H3,(H,28,31). The highest BCUT2D eigenvalue weighted by atomic mass is 32.2. The van der Waals surface area contributed by atoms with Crippen molar-refractivity contribution in [2.75, 3.05) is 0 Å². The van der Waals surface area contributed by atoms with E-state index in [1.165, 1.54) is 11.8 Å². The second kappa shape index (κ2) is 8.87. The maximum atomic E-state index is 13.7. The van der Waals surface area contributed by atoms with Gasteiger partial charge in [-0.15, -0.1) is 0 Å². The third-order valence-electron chi connectivity index (χ3n) is 5.83. The molecular weight excluding hydrogens is 430 g/mol. The maximum Gasteiger partial charge on any atom is 0.266 e. The van der Waals surface area contributed by atoms with Gasteiger partial charge in [0.25, 0.3) is 5.56 Å². The van der Waals surface area contributed by atoms with Gasteiger partial charge >= 0.3 is 0 Å². The summed E-state index contributed by atoms with van der Waals surface area (Å²) >= 11 is 1.32. The number of carbonyl (C=O) groups excluding carboxylic acids is 1. The van der Waals surface area contributed by atoms with Crippen LogP contribution in [0.5, 0.6) is 0 Å². The van der Waals surface area contributed by atoms with Crippen molar-refractivity contribution >= 4 is 28.6 Å². The van der Waals surface area contributed by atoms with Crippen LogP contribution in [-0.2, 0) is 4.79 Å². The number of amides is 1. The lowest BCUT2D eigenvalue weighted by molar-refractivity contribution is -0.120. The molecule has 3 aromatic carbocycles. The number of nitrogens with one attached hydrogen (secondary N) is 1. The van der Waals surface area contributed by atoms with Gasteiger partial charge in [0.1, 0.15) is 5.25 Å². The Labute approximate surface area is 196 Å². The molecule has 1 unspecified atom stereocenters. The van der Waals surface area contributed by atoms with Crippen LogP contribution in [0.3, 0.4) is 0 Å². The summed E-state index contributed by atoms with van der Waals surface area (Å²) < 4.78 is 1.65. The lowest BCUT2D eigenvalue weighted by atomic mass is 10.1. The highest BCUT2D eigenvalue weighted by Gasteiger charge is 2.30. The summed E-state index contributed by atoms with van der Waals surface area (Å²) in [5.41, 5.74) is 4.26. The van der Waals surface area contributed by atoms with Crippen molar-refractivity contribution in [3.05, 3.63) is 99.8 Å². The second-order valence-corrected chi connectivity index (χ2v) is 9.61. The van der Waals surface area contributed by atoms with E-state index in [-0.39, 0.29) is 17.5 Å². The van der Waals surface area contributed by atoms with E-state index in [1.54, 1.807) is 10.6 Å². The zero-order chi connectivity index (χ0) is 22.9. The number of aryl methyl sites for hydroxylation is 2. The first-order valence-electron chi connectivity index (χ1n) is 11.1. The molecule has 0 saturated heterocycles. The van der Waals surface area contributed by atoms with E-state index in [4.69, 9.17) is 4.98 Å². The number of hydrogen-bond donors (Lipinski definition) is 1. The smallest absolute Gasteiger partial charge is 0.266 e. The molecule has 1 fully saturated rings. The fraction of sp³-hybridized carbons (Fsp3) is 0.222. The fourth-order valence-electron chi connectivity index (χ4n) is 3.97. The normalized spacial score (nSPS) is 14.2. The van der Waals surface area contributed by atoms with Gasteiger partial charge in [0.15, 0.2) is 5.16 Å². The number of hydrogen-bond acceptors (Lipinski definition) is 4. The molecule has 1 atom stereocenters. The van der Waals surface area contributed by atoms with Crippen LogP contribution in [0.1, 0.15) is 34.8 Å². The number of thioether (sulfide) groups is 1. The Kier molecular flexibility index (Phi) is 5.77. The predicted octanol–water partition coefficient (Wildman–Crippen LogP) is 5.11. The molecular formula is C27H25N3O2S. The van der Waals surface area contributed by atoms with Crippen molar-refractivity contribution in [3.63, 3.8) is 0 Å². The molecule has 0 radical (unpaired) electrons. The van der Waals surface area contributed by atoms with E-state index in [0.717, 1.165) is 35.2 Å². The van der Waals surface area contributed by atoms with Crippen LogP contribution in [0.4, 0.5) is 0 Å². The van der Waals surface area contributed by atoms with Gasteiger partial charge in [0, 0.05) is 6.04 Å². The maximum absolute atomic E-state index is 13.7. The van der Waals surface area contributed by atoms with Crippen LogP contribution in [0.15, 0.2) is 82.7 Å². The molecule has 0 aliphatic heterocycles. The Bertz CT molecular complexity index is 1390. The second-order valence-electron chi connectivity index (χ2n) is 8.53. The number of aromatic nitrogens is 2. The first kappa shape index (κ1) is 21.5. The summed E-state index contributed by atoms with van der Waals surface area (Å²) in [6, 6.07) is 23.3. The number of carbonyl (C=O) groups is 1. The molecule has 166 valence electrons. The SMILES string of the molecule is Cc1ccc(-n2c(SC(C(=O)NC3CC3)c3ccccc3)nc3ccccc3c2=O)c(C)c1. The molecule has 1 amide bonds. The molecule has 5 nitrogen and oxygen atoms in total. The van der Waals surface area contributed by atoms with Gasteiger partial charge in [0.05, 0.1) is 16.6 Å². The van der Waals surface area contributed by atoms with Gasteiger partial charge in [0.2, 0.25) is 5.91 Å². The lowest BCUT2D eigenvalue weighted by Gasteiger charge is -2.20. The third-order valence-corrected chi connectivity index (χ3v) is 7.03. The topological polar surface area (TPSA) is 64.0 Å². The minimum absolute atomic E-state index is 0.0525. The van der Waals surface area contributed by atoms with E-state index in [2.05, 4.69) is 11.4 Å². The van der Waals surface area contributed by atoms with Gasteiger partial charge in [-0.05, 0) is 56.0 Å². The van der Waals surface area contributed by atoms with Crippen LogP contribution in [0.2, 0.25) is 0 Å². The molecule has 5 rings (SSSR count). The molecule has 4 aromatic rings. The monoisotopic (exact) mass is 455 g/mol. The molecule has 1 aliphatic rings. The summed E-state index contributed by atoms with van der Waals surface area (Å²) in [5.74, 6) is -0.0525. The Hall–Kier alpha value is -3.38. The van der Waals surface area contributed by atoms with Crippen LogP contribution < -0.4 is 10.9 Å². The quantitative estimate of drug-likeness (QED) is 0.324. The molecule has 1 heterocycles. The van der Waals surface area contributed by atoms with Crippen molar-refractivity contribution in [2.24, 2.45) is 0 Å². The first-order chi connectivity index (χ1) is 16.0. The van der Waals surface area contributed by atoms with E-state index in [1.807, 2.05) is 74.5 Å². The van der Waals surface area contributed by atoms with Crippen molar-refractivity contribution in [3.8, 4) is 5.69 Å². The highest BCUT2D eigenvalue weighted by Crippen LogP contribution is 2.37. The van der Waals surface area contributed by atoms with Crippen molar-refractivity contribution < 1.29 is 4.79 Å². The minimum atomic E-state index is -0.517. The summed E-state index contributed by atoms with van der Waals surface area (Å²) in [6.07, 6.45) is 2.03. The number of nitrogens with zero attached hydrogens (tertiary/aromatic N) is 2. The van der Waals surface area contributed by atoms with Gasteiger partial charge in [-0.1, -0.05) is 71.9 Å². The van der Waals surface area contributed by atoms with Gasteiger partial charge in [-0.25, -0.2) is 4.98 Å². The minimum Gasteiger partial charge on any atom is -0.352 e. The van der Waals surface area contributed by atoms with E-state index in [9.17, 15) is 9.59 Å². The Morgan fingerprint density at radius 3 is 2.48 bits per heavy atom. The summed E-state index contributed by atoms with van der Waals surface area (Å²) in [4.78, 5) is 31.8. The average molecular weight is 456 g/mol. The molecule has 33 heavy (non-hydrogen) atoms. The summed E-state index contributed by atoms with van der Waals surface area (Å²) in [6.45, 7) is 4.02. The molecule has 1 aliphatic carbocycles.